The van der Waals surface area contributed by atoms with Crippen LogP contribution in [0.5, 0.6) is 5.75 Å². The van der Waals surface area contributed by atoms with Crippen LogP contribution in [0.15, 0.2) is 34.8 Å². The Kier molecular flexibility index (Phi) is 5.92. The van der Waals surface area contributed by atoms with Crippen LogP contribution in [0, 0.1) is 11.8 Å². The number of aliphatic hydroxyl groups excluding tert-OH is 2. The summed E-state index contributed by atoms with van der Waals surface area (Å²) >= 11 is 0. The normalized spacial score (nSPS) is 32.3. The lowest BCUT2D eigenvalue weighted by Gasteiger charge is -2.46. The number of amides is 1. The first kappa shape index (κ1) is 25.7. The molecule has 0 radical (unpaired) electrons. The molecular formula is C26H33N3O8. The molecule has 0 saturated carbocycles. The lowest BCUT2D eigenvalue weighted by atomic mass is 9.60. The van der Waals surface area contributed by atoms with Crippen LogP contribution in [0.3, 0.4) is 0 Å². The molecule has 1 aliphatic heterocycles. The molecule has 1 fully saturated rings. The van der Waals surface area contributed by atoms with Crippen molar-refractivity contribution in [1.29, 1.82) is 0 Å². The van der Waals surface area contributed by atoms with Crippen LogP contribution in [0.1, 0.15) is 41.8 Å². The number of phenolic OH excluding ortho intramolecular Hbond substituents is 1. The first-order valence-electron chi connectivity index (χ1n) is 12.5. The third-order valence-corrected chi connectivity index (χ3v) is 8.23. The second kappa shape index (κ2) is 8.53. The zero-order chi connectivity index (χ0) is 27.0. The van der Waals surface area contributed by atoms with Crippen molar-refractivity contribution in [2.24, 2.45) is 17.6 Å². The van der Waals surface area contributed by atoms with Crippen LogP contribution in [0.4, 0.5) is 0 Å². The van der Waals surface area contributed by atoms with Gasteiger partial charge in [0.25, 0.3) is 5.91 Å². The van der Waals surface area contributed by atoms with Crippen molar-refractivity contribution in [2.45, 2.75) is 50.7 Å². The summed E-state index contributed by atoms with van der Waals surface area (Å²) in [5.74, 6) is -6.27. The van der Waals surface area contributed by atoms with Gasteiger partial charge in [0.2, 0.25) is 5.79 Å². The first-order valence-corrected chi connectivity index (χ1v) is 12.5. The Morgan fingerprint density at radius 2 is 1.95 bits per heavy atom. The number of aliphatic hydroxyl groups is 3. The quantitative estimate of drug-likeness (QED) is 0.261. The van der Waals surface area contributed by atoms with E-state index in [0.29, 0.717) is 31.7 Å². The third-order valence-electron chi connectivity index (χ3n) is 8.23. The van der Waals surface area contributed by atoms with E-state index in [1.165, 1.54) is 6.07 Å². The summed E-state index contributed by atoms with van der Waals surface area (Å²) in [4.78, 5) is 33.4. The van der Waals surface area contributed by atoms with Crippen molar-refractivity contribution in [3.8, 4) is 5.75 Å². The summed E-state index contributed by atoms with van der Waals surface area (Å²) in [7, 11) is 3.39. The number of carbonyl (C=O) groups is 2. The van der Waals surface area contributed by atoms with Crippen LogP contribution in [0.2, 0.25) is 0 Å². The zero-order valence-corrected chi connectivity index (χ0v) is 21.3. The highest BCUT2D eigenvalue weighted by Gasteiger charge is 2.84. The number of hydrogen-bond acceptors (Lipinski definition) is 10. The van der Waals surface area contributed by atoms with Gasteiger partial charge in [-0.05, 0) is 57.0 Å². The Balaban J connectivity index is 1.65. The Labute approximate surface area is 214 Å². The van der Waals surface area contributed by atoms with E-state index in [1.54, 1.807) is 30.1 Å². The number of primary amides is 1. The molecule has 200 valence electrons. The van der Waals surface area contributed by atoms with Crippen molar-refractivity contribution in [3.63, 3.8) is 0 Å². The van der Waals surface area contributed by atoms with Crippen molar-refractivity contribution in [2.75, 3.05) is 27.2 Å². The average Bonchev–Trinajstić information content (AvgIpc) is 3.45. The Hall–Kier alpha value is -2.96. The number of allylic oxidation sites excluding steroid dienone is 1. The molecule has 11 nitrogen and oxygen atoms in total. The third kappa shape index (κ3) is 3.31. The number of aromatic hydroxyl groups is 1. The molecule has 3 aliphatic carbocycles. The predicted octanol–water partition coefficient (Wildman–Crippen LogP) is 1.05. The van der Waals surface area contributed by atoms with Gasteiger partial charge >= 0.3 is 0 Å². The fourth-order valence-electron chi connectivity index (χ4n) is 6.69. The molecule has 1 spiro atoms. The lowest BCUT2D eigenvalue weighted by molar-refractivity contribution is -0.158. The highest BCUT2D eigenvalue weighted by molar-refractivity contribution is 6.14. The van der Waals surface area contributed by atoms with Crippen LogP contribution in [-0.4, -0.2) is 86.8 Å². The number of epoxide rings is 1. The molecule has 5 rings (SSSR count). The van der Waals surface area contributed by atoms with E-state index in [4.69, 9.17) is 15.3 Å². The Morgan fingerprint density at radius 3 is 2.54 bits per heavy atom. The fourth-order valence-corrected chi connectivity index (χ4v) is 6.69. The minimum Gasteiger partial charge on any atom is -0.510 e. The molecule has 1 aromatic carbocycles. The van der Waals surface area contributed by atoms with Gasteiger partial charge in [0.15, 0.2) is 11.4 Å². The predicted molar refractivity (Wildman–Crippen MR) is 130 cm³/mol. The maximum absolute atomic E-state index is 13.8. The van der Waals surface area contributed by atoms with Crippen LogP contribution >= 0.6 is 0 Å². The molecule has 4 aliphatic rings. The molecule has 1 aromatic rings. The lowest BCUT2D eigenvalue weighted by Crippen LogP contribution is -2.57. The van der Waals surface area contributed by atoms with E-state index < -0.39 is 58.0 Å². The second-order valence-electron chi connectivity index (χ2n) is 10.3. The van der Waals surface area contributed by atoms with E-state index in [1.807, 2.05) is 13.8 Å². The second-order valence-corrected chi connectivity index (χ2v) is 10.3. The van der Waals surface area contributed by atoms with Gasteiger partial charge < -0.3 is 30.9 Å². The average molecular weight is 516 g/mol. The van der Waals surface area contributed by atoms with Gasteiger partial charge in [-0.1, -0.05) is 13.0 Å². The number of hydrogen-bond donors (Lipinski definition) is 5. The molecule has 1 saturated heterocycles. The number of likely N-dealkylation sites (N-methyl/N-ethyl adjacent to an activating group) is 1. The number of ketones is 1. The number of rotatable bonds is 7. The molecule has 11 heteroatoms. The molecule has 1 unspecified atom stereocenters. The largest absolute Gasteiger partial charge is 0.510 e. The summed E-state index contributed by atoms with van der Waals surface area (Å²) in [6, 6.07) is 2.41. The van der Waals surface area contributed by atoms with Crippen molar-refractivity contribution in [3.05, 3.63) is 51.5 Å². The van der Waals surface area contributed by atoms with Gasteiger partial charge in [0.05, 0.1) is 18.2 Å². The highest BCUT2D eigenvalue weighted by atomic mass is 16.8. The summed E-state index contributed by atoms with van der Waals surface area (Å²) in [5.41, 5.74) is 4.77. The number of ether oxygens (including phenoxy) is 1. The molecular weight excluding hydrogens is 482 g/mol. The minimum absolute atomic E-state index is 0.0343. The van der Waals surface area contributed by atoms with Gasteiger partial charge in [-0.15, -0.1) is 0 Å². The van der Waals surface area contributed by atoms with Gasteiger partial charge in [-0.2, -0.15) is 5.06 Å². The molecule has 5 atom stereocenters. The standard InChI is InChI=1S/C26H33N3O8/c1-5-29(36-6-2)11-12-7-8-16(30)18-14(12)9-13-10-15-20(28(3)4)22(32)19(24(27)34)26(35)25(15,37-26)23(33)17(13)21(18)31/h7-8,13,15,20,30,32-33,35H,5-6,9-11H2,1-4H3,(H2,27,34)/t13-,15-,20-,25-,26?/m0/s1. The SMILES string of the molecule is CCON(CC)Cc1ccc(O)c2c1C[C@H]1C[C@H]3[C@H](N(C)C)C(O)=C(C(N)=O)C4(O)O[C@]34C(O)=C1C2=O. The summed E-state index contributed by atoms with van der Waals surface area (Å²) in [6.45, 7) is 5.34. The van der Waals surface area contributed by atoms with Crippen LogP contribution in [0.25, 0.3) is 0 Å². The van der Waals surface area contributed by atoms with Crippen molar-refractivity contribution in [1.82, 2.24) is 9.96 Å². The number of carbonyl (C=O) groups excluding carboxylic acids is 2. The van der Waals surface area contributed by atoms with E-state index in [2.05, 4.69) is 0 Å². The van der Waals surface area contributed by atoms with Gasteiger partial charge in [0.1, 0.15) is 22.8 Å². The molecule has 37 heavy (non-hydrogen) atoms. The maximum Gasteiger partial charge on any atom is 0.253 e. The zero-order valence-electron chi connectivity index (χ0n) is 21.3. The van der Waals surface area contributed by atoms with Crippen LogP contribution < -0.4 is 5.73 Å². The topological polar surface area (TPSA) is 169 Å². The van der Waals surface area contributed by atoms with Gasteiger partial charge in [-0.3, -0.25) is 19.3 Å². The van der Waals surface area contributed by atoms with Gasteiger partial charge in [0, 0.05) is 24.6 Å². The maximum atomic E-state index is 13.8. The highest BCUT2D eigenvalue weighted by Crippen LogP contribution is 2.68. The Morgan fingerprint density at radius 1 is 1.24 bits per heavy atom. The first-order chi connectivity index (χ1) is 17.4. The van der Waals surface area contributed by atoms with Crippen LogP contribution in [-0.2, 0) is 27.3 Å². The number of Topliss-reactive ketones (excluding diaryl/α,β-unsaturated/α-hetero) is 1. The van der Waals surface area contributed by atoms with E-state index >= 15 is 0 Å². The number of nitrogens with zero attached hydrogens (tertiary/aromatic N) is 2. The molecule has 1 amide bonds. The molecule has 0 bridgehead atoms. The van der Waals surface area contributed by atoms with Gasteiger partial charge in [-0.25, -0.2) is 0 Å². The Bertz CT molecular complexity index is 1260. The van der Waals surface area contributed by atoms with Crippen molar-refractivity contribution < 1.29 is 39.6 Å². The molecule has 1 heterocycles. The van der Waals surface area contributed by atoms with E-state index in [-0.39, 0.29) is 23.3 Å². The van der Waals surface area contributed by atoms with Crippen molar-refractivity contribution >= 4 is 11.7 Å². The summed E-state index contributed by atoms with van der Waals surface area (Å²) < 4.78 is 5.69. The number of fused-ring (bicyclic) bond motifs is 2. The number of phenols is 1. The monoisotopic (exact) mass is 515 g/mol. The number of hydroxylamine groups is 2. The smallest absolute Gasteiger partial charge is 0.253 e. The van der Waals surface area contributed by atoms with E-state index in [0.717, 1.165) is 5.56 Å². The number of benzene rings is 1. The van der Waals surface area contributed by atoms with E-state index in [9.17, 15) is 30.0 Å². The molecule has 0 aromatic heterocycles. The molecule has 6 N–H and O–H groups in total. The fraction of sp³-hybridized carbons (Fsp3) is 0.538. The summed E-state index contributed by atoms with van der Waals surface area (Å²) in [5, 5.41) is 46.3. The number of nitrogens with two attached hydrogens (primary N) is 1. The summed E-state index contributed by atoms with van der Waals surface area (Å²) in [6.07, 6.45) is 0.607. The minimum atomic E-state index is -2.36.